The van der Waals surface area contributed by atoms with E-state index in [0.29, 0.717) is 13.2 Å². The zero-order valence-corrected chi connectivity index (χ0v) is 10.0. The Bertz CT molecular complexity index is 369. The molecule has 2 N–H and O–H groups in total. The molecule has 1 aromatic carbocycles. The summed E-state index contributed by atoms with van der Waals surface area (Å²) in [6, 6.07) is 4.11. The van der Waals surface area contributed by atoms with Crippen LogP contribution >= 0.6 is 0 Å². The van der Waals surface area contributed by atoms with Crippen LogP contribution in [0, 0.1) is 5.82 Å². The number of nitrogens with one attached hydrogen (secondary N) is 1. The first-order valence-electron chi connectivity index (χ1n) is 5.89. The number of phenolic OH excluding ortho intramolecular Hbond substituents is 1. The number of aromatic hydroxyl groups is 1. The van der Waals surface area contributed by atoms with Gasteiger partial charge in [0, 0.05) is 24.8 Å². The molecule has 3 nitrogen and oxygen atoms in total. The zero-order chi connectivity index (χ0) is 12.3. The van der Waals surface area contributed by atoms with Gasteiger partial charge in [-0.05, 0) is 37.5 Å². The van der Waals surface area contributed by atoms with E-state index in [4.69, 9.17) is 4.74 Å². The molecule has 0 aromatic heterocycles. The number of hydrogen-bond acceptors (Lipinski definition) is 3. The minimum absolute atomic E-state index is 0.0353. The van der Waals surface area contributed by atoms with Crippen LogP contribution < -0.4 is 5.32 Å². The van der Waals surface area contributed by atoms with E-state index in [9.17, 15) is 9.50 Å². The van der Waals surface area contributed by atoms with E-state index in [1.54, 1.807) is 6.07 Å². The summed E-state index contributed by atoms with van der Waals surface area (Å²) in [6.45, 7) is 4.13. The highest BCUT2D eigenvalue weighted by atomic mass is 19.1. The van der Waals surface area contributed by atoms with Crippen LogP contribution in [0.2, 0.25) is 0 Å². The second-order valence-corrected chi connectivity index (χ2v) is 4.89. The molecule has 17 heavy (non-hydrogen) atoms. The van der Waals surface area contributed by atoms with Crippen molar-refractivity contribution in [2.75, 3.05) is 13.2 Å². The summed E-state index contributed by atoms with van der Waals surface area (Å²) in [5, 5.41) is 12.7. The zero-order valence-electron chi connectivity index (χ0n) is 10.0. The van der Waals surface area contributed by atoms with Crippen molar-refractivity contribution >= 4 is 0 Å². The number of phenols is 1. The molecule has 1 atom stereocenters. The van der Waals surface area contributed by atoms with E-state index >= 15 is 0 Å². The molecule has 0 saturated carbocycles. The molecule has 1 heterocycles. The van der Waals surface area contributed by atoms with E-state index in [0.717, 1.165) is 31.1 Å². The minimum atomic E-state index is -0.410. The molecule has 1 saturated heterocycles. The van der Waals surface area contributed by atoms with Gasteiger partial charge in [0.15, 0.2) is 0 Å². The van der Waals surface area contributed by atoms with Crippen LogP contribution in [0.4, 0.5) is 4.39 Å². The topological polar surface area (TPSA) is 41.5 Å². The van der Waals surface area contributed by atoms with Gasteiger partial charge in [0.25, 0.3) is 0 Å². The monoisotopic (exact) mass is 239 g/mol. The Hall–Kier alpha value is -1.13. The third-order valence-electron chi connectivity index (χ3n) is 3.10. The second-order valence-electron chi connectivity index (χ2n) is 4.89. The first-order valence-corrected chi connectivity index (χ1v) is 5.89. The molecule has 1 aliphatic heterocycles. The normalized spacial score (nSPS) is 24.8. The van der Waals surface area contributed by atoms with Crippen molar-refractivity contribution in [1.29, 1.82) is 0 Å². The lowest BCUT2D eigenvalue weighted by Gasteiger charge is -2.34. The molecule has 2 rings (SSSR count). The molecule has 4 heteroatoms. The van der Waals surface area contributed by atoms with Crippen LogP contribution in [0.5, 0.6) is 5.75 Å². The van der Waals surface area contributed by atoms with Crippen molar-refractivity contribution in [3.8, 4) is 5.75 Å². The SMILES string of the molecule is CC1(NCc2cc(O)cc(F)c2)CCCOC1. The van der Waals surface area contributed by atoms with Gasteiger partial charge in [-0.3, -0.25) is 0 Å². The van der Waals surface area contributed by atoms with Crippen LogP contribution in [0.1, 0.15) is 25.3 Å². The quantitative estimate of drug-likeness (QED) is 0.849. The Balaban J connectivity index is 1.96. The Morgan fingerprint density at radius 3 is 2.94 bits per heavy atom. The van der Waals surface area contributed by atoms with Crippen molar-refractivity contribution in [2.45, 2.75) is 31.8 Å². The molecular weight excluding hydrogens is 221 g/mol. The summed E-state index contributed by atoms with van der Waals surface area (Å²) in [4.78, 5) is 0. The maximum atomic E-state index is 13.1. The largest absolute Gasteiger partial charge is 0.508 e. The lowest BCUT2D eigenvalue weighted by molar-refractivity contribution is 0.0277. The predicted octanol–water partition coefficient (Wildman–Crippen LogP) is 2.19. The van der Waals surface area contributed by atoms with Crippen molar-refractivity contribution < 1.29 is 14.2 Å². The number of halogens is 1. The first kappa shape index (κ1) is 12.3. The van der Waals surface area contributed by atoms with Crippen molar-refractivity contribution in [2.24, 2.45) is 0 Å². The molecule has 1 fully saturated rings. The van der Waals surface area contributed by atoms with Gasteiger partial charge in [-0.1, -0.05) is 0 Å². The van der Waals surface area contributed by atoms with Gasteiger partial charge < -0.3 is 15.2 Å². The summed E-state index contributed by atoms with van der Waals surface area (Å²) < 4.78 is 18.5. The minimum Gasteiger partial charge on any atom is -0.508 e. The van der Waals surface area contributed by atoms with Gasteiger partial charge in [0.05, 0.1) is 6.61 Å². The van der Waals surface area contributed by atoms with Gasteiger partial charge in [-0.25, -0.2) is 4.39 Å². The Kier molecular flexibility index (Phi) is 3.64. The highest BCUT2D eigenvalue weighted by Gasteiger charge is 2.26. The molecule has 0 amide bonds. The highest BCUT2D eigenvalue weighted by molar-refractivity contribution is 5.28. The number of ether oxygens (including phenoxy) is 1. The third kappa shape index (κ3) is 3.41. The summed E-state index contributed by atoms with van der Waals surface area (Å²) in [5.74, 6) is -0.446. The van der Waals surface area contributed by atoms with E-state index < -0.39 is 5.82 Å². The third-order valence-corrected chi connectivity index (χ3v) is 3.10. The molecular formula is C13H18FNO2. The highest BCUT2D eigenvalue weighted by Crippen LogP contribution is 2.20. The van der Waals surface area contributed by atoms with Gasteiger partial charge >= 0.3 is 0 Å². The summed E-state index contributed by atoms with van der Waals surface area (Å²) >= 11 is 0. The van der Waals surface area contributed by atoms with Crippen LogP contribution in [-0.2, 0) is 11.3 Å². The molecule has 0 aliphatic carbocycles. The Morgan fingerprint density at radius 2 is 2.29 bits per heavy atom. The van der Waals surface area contributed by atoms with Crippen LogP contribution in [0.15, 0.2) is 18.2 Å². The molecule has 1 aliphatic rings. The van der Waals surface area contributed by atoms with E-state index in [1.165, 1.54) is 6.07 Å². The predicted molar refractivity (Wildman–Crippen MR) is 63.4 cm³/mol. The molecule has 1 aromatic rings. The Morgan fingerprint density at radius 1 is 1.47 bits per heavy atom. The molecule has 0 bridgehead atoms. The van der Waals surface area contributed by atoms with Gasteiger partial charge in [-0.15, -0.1) is 0 Å². The van der Waals surface area contributed by atoms with Crippen molar-refractivity contribution in [3.63, 3.8) is 0 Å². The second kappa shape index (κ2) is 5.02. The smallest absolute Gasteiger partial charge is 0.127 e. The molecule has 1 unspecified atom stereocenters. The number of benzene rings is 1. The molecule has 0 spiro atoms. The lowest BCUT2D eigenvalue weighted by Crippen LogP contribution is -2.48. The summed E-state index contributed by atoms with van der Waals surface area (Å²) in [5.41, 5.74) is 0.689. The average Bonchev–Trinajstić information content (AvgIpc) is 2.26. The van der Waals surface area contributed by atoms with Crippen LogP contribution in [0.25, 0.3) is 0 Å². The van der Waals surface area contributed by atoms with Crippen molar-refractivity contribution in [3.05, 3.63) is 29.6 Å². The van der Waals surface area contributed by atoms with E-state index in [-0.39, 0.29) is 11.3 Å². The van der Waals surface area contributed by atoms with Crippen molar-refractivity contribution in [1.82, 2.24) is 5.32 Å². The van der Waals surface area contributed by atoms with Crippen LogP contribution in [0.3, 0.4) is 0 Å². The average molecular weight is 239 g/mol. The number of rotatable bonds is 3. The fourth-order valence-corrected chi connectivity index (χ4v) is 2.12. The lowest BCUT2D eigenvalue weighted by atomic mass is 9.94. The van der Waals surface area contributed by atoms with Gasteiger partial charge in [0.2, 0.25) is 0 Å². The van der Waals surface area contributed by atoms with Gasteiger partial charge in [0.1, 0.15) is 11.6 Å². The summed E-state index contributed by atoms with van der Waals surface area (Å²) in [7, 11) is 0. The number of hydrogen-bond donors (Lipinski definition) is 2. The fraction of sp³-hybridized carbons (Fsp3) is 0.538. The van der Waals surface area contributed by atoms with E-state index in [2.05, 4.69) is 12.2 Å². The Labute approximate surface area is 101 Å². The summed E-state index contributed by atoms with van der Waals surface area (Å²) in [6.07, 6.45) is 2.09. The van der Waals surface area contributed by atoms with Gasteiger partial charge in [-0.2, -0.15) is 0 Å². The maximum absolute atomic E-state index is 13.1. The first-order chi connectivity index (χ1) is 8.07. The van der Waals surface area contributed by atoms with Crippen LogP contribution in [-0.4, -0.2) is 23.9 Å². The maximum Gasteiger partial charge on any atom is 0.127 e. The van der Waals surface area contributed by atoms with E-state index in [1.807, 2.05) is 0 Å². The fourth-order valence-electron chi connectivity index (χ4n) is 2.12. The molecule has 0 radical (unpaired) electrons. The standard InChI is InChI=1S/C13H18FNO2/c1-13(3-2-4-17-9-13)15-8-10-5-11(14)7-12(16)6-10/h5-7,15-16H,2-4,8-9H2,1H3. The molecule has 94 valence electrons.